The van der Waals surface area contributed by atoms with Crippen molar-refractivity contribution in [3.8, 4) is 5.75 Å². The van der Waals surface area contributed by atoms with Gasteiger partial charge in [-0.3, -0.25) is 4.79 Å². The van der Waals surface area contributed by atoms with E-state index < -0.39 is 0 Å². The van der Waals surface area contributed by atoms with E-state index in [0.717, 1.165) is 24.3 Å². The molecule has 29 heavy (non-hydrogen) atoms. The number of benzene rings is 1. The van der Waals surface area contributed by atoms with Crippen molar-refractivity contribution in [3.63, 3.8) is 0 Å². The predicted octanol–water partition coefficient (Wildman–Crippen LogP) is 1.63. The second-order valence-corrected chi connectivity index (χ2v) is 7.02. The summed E-state index contributed by atoms with van der Waals surface area (Å²) in [5, 5.41) is 6.40. The van der Waals surface area contributed by atoms with E-state index in [1.807, 2.05) is 31.2 Å². The van der Waals surface area contributed by atoms with Crippen LogP contribution in [0.4, 0.5) is 0 Å². The van der Waals surface area contributed by atoms with E-state index >= 15 is 0 Å². The van der Waals surface area contributed by atoms with Crippen molar-refractivity contribution >= 4 is 35.8 Å². The van der Waals surface area contributed by atoms with Gasteiger partial charge in [0.25, 0.3) is 0 Å². The molecule has 8 nitrogen and oxygen atoms in total. The van der Waals surface area contributed by atoms with Crippen molar-refractivity contribution < 1.29 is 19.0 Å². The van der Waals surface area contributed by atoms with Gasteiger partial charge in [0.05, 0.1) is 39.5 Å². The zero-order valence-electron chi connectivity index (χ0n) is 17.6. The highest BCUT2D eigenvalue weighted by molar-refractivity contribution is 14.0. The number of guanidine groups is 1. The first-order chi connectivity index (χ1) is 13.5. The van der Waals surface area contributed by atoms with Gasteiger partial charge >= 0.3 is 0 Å². The summed E-state index contributed by atoms with van der Waals surface area (Å²) in [6.07, 6.45) is 1.09. The van der Waals surface area contributed by atoms with Crippen LogP contribution in [0.5, 0.6) is 5.75 Å². The molecule has 1 aliphatic rings. The van der Waals surface area contributed by atoms with Crippen molar-refractivity contribution in [2.75, 3.05) is 47.6 Å². The highest BCUT2D eigenvalue weighted by atomic mass is 127. The van der Waals surface area contributed by atoms with E-state index in [-0.39, 0.29) is 48.6 Å². The lowest BCUT2D eigenvalue weighted by Gasteiger charge is -2.20. The van der Waals surface area contributed by atoms with Crippen LogP contribution in [0.1, 0.15) is 18.9 Å². The van der Waals surface area contributed by atoms with Crippen LogP contribution in [0, 0.1) is 0 Å². The maximum Gasteiger partial charge on any atom is 0.241 e. The summed E-state index contributed by atoms with van der Waals surface area (Å²) in [6.45, 7) is 4.63. The van der Waals surface area contributed by atoms with Crippen molar-refractivity contribution in [1.29, 1.82) is 0 Å². The maximum absolute atomic E-state index is 11.9. The van der Waals surface area contributed by atoms with Gasteiger partial charge < -0.3 is 29.7 Å². The number of rotatable bonds is 9. The smallest absolute Gasteiger partial charge is 0.241 e. The highest BCUT2D eigenvalue weighted by Crippen LogP contribution is 2.12. The third kappa shape index (κ3) is 9.64. The topological polar surface area (TPSA) is 84.4 Å². The lowest BCUT2D eigenvalue weighted by Crippen LogP contribution is -2.47. The Balaban J connectivity index is 0.00000420. The van der Waals surface area contributed by atoms with E-state index in [1.54, 1.807) is 26.1 Å². The van der Waals surface area contributed by atoms with Crippen LogP contribution in [-0.4, -0.2) is 76.5 Å². The van der Waals surface area contributed by atoms with Crippen LogP contribution in [0.2, 0.25) is 0 Å². The molecule has 2 atom stereocenters. The number of ether oxygens (including phenoxy) is 3. The molecule has 1 aromatic carbocycles. The number of carbonyl (C=O) groups is 1. The standard InChI is InChI=1S/C20H32N4O4.HI/c1-15(13-28-18-9-10-27-14-18)23-20(22-12-19(25)24(2)3)21-11-16-5-7-17(26-4)8-6-16;/h5-8,15,18H,9-14H2,1-4H3,(H2,21,22,23);1H. The van der Waals surface area contributed by atoms with Gasteiger partial charge in [0.2, 0.25) is 5.91 Å². The summed E-state index contributed by atoms with van der Waals surface area (Å²) in [4.78, 5) is 18.1. The second-order valence-electron chi connectivity index (χ2n) is 7.02. The molecule has 0 spiro atoms. The van der Waals surface area contributed by atoms with Gasteiger partial charge in [0.1, 0.15) is 5.75 Å². The fraction of sp³-hybridized carbons (Fsp3) is 0.600. The minimum Gasteiger partial charge on any atom is -0.497 e. The van der Waals surface area contributed by atoms with Crippen molar-refractivity contribution in [2.45, 2.75) is 32.0 Å². The Bertz CT molecular complexity index is 634. The lowest BCUT2D eigenvalue weighted by molar-refractivity contribution is -0.127. The van der Waals surface area contributed by atoms with Crippen LogP contribution in [0.25, 0.3) is 0 Å². The Morgan fingerprint density at radius 1 is 1.34 bits per heavy atom. The monoisotopic (exact) mass is 520 g/mol. The van der Waals surface area contributed by atoms with Gasteiger partial charge in [-0.25, -0.2) is 4.99 Å². The molecule has 0 bridgehead atoms. The van der Waals surface area contributed by atoms with Crippen LogP contribution >= 0.6 is 24.0 Å². The van der Waals surface area contributed by atoms with Crippen LogP contribution in [0.15, 0.2) is 29.3 Å². The Hall–Kier alpha value is -1.59. The number of hydrogen-bond donors (Lipinski definition) is 2. The maximum atomic E-state index is 11.9. The van der Waals surface area contributed by atoms with Gasteiger partial charge in [-0.2, -0.15) is 0 Å². The summed E-state index contributed by atoms with van der Waals surface area (Å²) >= 11 is 0. The molecule has 2 N–H and O–H groups in total. The number of amides is 1. The number of nitrogens with zero attached hydrogens (tertiary/aromatic N) is 2. The summed E-state index contributed by atoms with van der Waals surface area (Å²) in [6, 6.07) is 7.79. The number of aliphatic imine (C=N–C) groups is 1. The molecule has 1 aromatic rings. The Kier molecular flexibility index (Phi) is 11.9. The van der Waals surface area contributed by atoms with Crippen molar-refractivity contribution in [2.24, 2.45) is 4.99 Å². The fourth-order valence-electron chi connectivity index (χ4n) is 2.57. The van der Waals surface area contributed by atoms with Gasteiger partial charge in [-0.1, -0.05) is 12.1 Å². The largest absolute Gasteiger partial charge is 0.497 e. The van der Waals surface area contributed by atoms with Crippen LogP contribution in [0.3, 0.4) is 0 Å². The van der Waals surface area contributed by atoms with Gasteiger partial charge in [-0.05, 0) is 31.0 Å². The lowest BCUT2D eigenvalue weighted by atomic mass is 10.2. The average Bonchev–Trinajstić information content (AvgIpc) is 3.22. The minimum atomic E-state index is -0.0223. The molecule has 9 heteroatoms. The molecule has 0 aliphatic carbocycles. The molecule has 0 radical (unpaired) electrons. The highest BCUT2D eigenvalue weighted by Gasteiger charge is 2.17. The number of hydrogen-bond acceptors (Lipinski definition) is 5. The zero-order chi connectivity index (χ0) is 20.4. The summed E-state index contributed by atoms with van der Waals surface area (Å²) in [5.41, 5.74) is 1.05. The normalized spacial score (nSPS) is 17.2. The van der Waals surface area contributed by atoms with E-state index in [0.29, 0.717) is 25.7 Å². The number of methoxy groups -OCH3 is 1. The van der Waals surface area contributed by atoms with Gasteiger partial charge in [-0.15, -0.1) is 24.0 Å². The van der Waals surface area contributed by atoms with Gasteiger partial charge in [0.15, 0.2) is 5.96 Å². The summed E-state index contributed by atoms with van der Waals surface area (Å²) in [5.74, 6) is 1.36. The molecule has 1 heterocycles. The molecule has 1 fully saturated rings. The Morgan fingerprint density at radius 3 is 2.66 bits per heavy atom. The average molecular weight is 520 g/mol. The van der Waals surface area contributed by atoms with Crippen LogP contribution in [-0.2, 0) is 20.8 Å². The Morgan fingerprint density at radius 2 is 2.07 bits per heavy atom. The molecular formula is C20H33IN4O4. The number of carbonyl (C=O) groups excluding carboxylic acids is 1. The fourth-order valence-corrected chi connectivity index (χ4v) is 2.57. The van der Waals surface area contributed by atoms with Gasteiger partial charge in [0, 0.05) is 26.7 Å². The quantitative estimate of drug-likeness (QED) is 0.293. The van der Waals surface area contributed by atoms with E-state index in [2.05, 4.69) is 15.6 Å². The number of likely N-dealkylation sites (N-methyl/N-ethyl adjacent to an activating group) is 1. The molecule has 2 unspecified atom stereocenters. The van der Waals surface area contributed by atoms with E-state index in [9.17, 15) is 4.79 Å². The van der Waals surface area contributed by atoms with Crippen molar-refractivity contribution in [3.05, 3.63) is 29.8 Å². The van der Waals surface area contributed by atoms with Crippen molar-refractivity contribution in [1.82, 2.24) is 15.5 Å². The first-order valence-electron chi connectivity index (χ1n) is 9.55. The third-order valence-electron chi connectivity index (χ3n) is 4.34. The van der Waals surface area contributed by atoms with E-state index in [1.165, 1.54) is 0 Å². The third-order valence-corrected chi connectivity index (χ3v) is 4.34. The minimum absolute atomic E-state index is 0. The summed E-state index contributed by atoms with van der Waals surface area (Å²) < 4.78 is 16.4. The molecule has 164 valence electrons. The molecule has 0 aromatic heterocycles. The SMILES string of the molecule is COc1ccc(CN=C(NCC(=O)N(C)C)NC(C)COC2CCOC2)cc1.I. The second kappa shape index (κ2) is 13.6. The van der Waals surface area contributed by atoms with Crippen LogP contribution < -0.4 is 15.4 Å². The zero-order valence-corrected chi connectivity index (χ0v) is 20.0. The first-order valence-corrected chi connectivity index (χ1v) is 9.55. The molecule has 0 saturated carbocycles. The van der Waals surface area contributed by atoms with E-state index in [4.69, 9.17) is 14.2 Å². The molecule has 1 aliphatic heterocycles. The number of halogens is 1. The first kappa shape index (κ1) is 25.4. The molecular weight excluding hydrogens is 487 g/mol. The Labute approximate surface area is 190 Å². The number of nitrogens with one attached hydrogen (secondary N) is 2. The molecule has 1 amide bonds. The predicted molar refractivity (Wildman–Crippen MR) is 124 cm³/mol. The molecule has 1 saturated heterocycles. The molecule has 2 rings (SSSR count). The summed E-state index contributed by atoms with van der Waals surface area (Å²) in [7, 11) is 5.10.